The largest absolute Gasteiger partial charge is 0.453 e. The fourth-order valence-electron chi connectivity index (χ4n) is 6.54. The number of unbranched alkanes of at least 4 members (excludes halogenated alkanes) is 11. The summed E-state index contributed by atoms with van der Waals surface area (Å²) < 4.78 is 30.3. The van der Waals surface area contributed by atoms with E-state index >= 15 is 0 Å². The van der Waals surface area contributed by atoms with E-state index in [1.165, 1.54) is 7.11 Å². The van der Waals surface area contributed by atoms with E-state index in [-0.39, 0.29) is 38.9 Å². The van der Waals surface area contributed by atoms with E-state index < -0.39 is 41.5 Å². The average Bonchev–Trinajstić information content (AvgIpc) is 3.95. The topological polar surface area (TPSA) is 228 Å². The molecule has 1 aromatic rings. The lowest BCUT2D eigenvalue weighted by atomic mass is 10.2. The highest BCUT2D eigenvalue weighted by atomic mass is 16.6. The van der Waals surface area contributed by atoms with E-state index in [4.69, 9.17) is 24.7 Å². The number of alkyl carbamates (subject to hydrolysis) is 3. The molecule has 0 saturated carbocycles. The van der Waals surface area contributed by atoms with Gasteiger partial charge in [-0.2, -0.15) is 0 Å². The molecule has 5 N–H and O–H groups in total. The number of amides is 3. The first-order valence-electron chi connectivity index (χ1n) is 22.8. The number of carbonyl (C=O) groups is 3. The number of nitrogens with zero attached hydrogens (tertiary/aromatic N) is 4. The van der Waals surface area contributed by atoms with E-state index in [1.807, 2.05) is 0 Å². The Bertz CT molecular complexity index is 1550. The van der Waals surface area contributed by atoms with Crippen LogP contribution in [0.3, 0.4) is 0 Å². The van der Waals surface area contributed by atoms with Crippen molar-refractivity contribution < 1.29 is 38.1 Å². The third kappa shape index (κ3) is 23.2. The molecular weight excluding hydrogens is 793 g/mol. The van der Waals surface area contributed by atoms with E-state index in [0.29, 0.717) is 97.0 Å². The summed E-state index contributed by atoms with van der Waals surface area (Å²) in [6, 6.07) is 0.494. The SMILES string of the molecule is CCCCOCC(CN)OC(=O)NCCCCCCn1c(=O)n(CCCCCCNC(=O)OC)c(=O)n(CCCCCCNC(=O)OC(COCCCC)CN2CC2C)c1=O. The molecule has 3 amide bonds. The van der Waals surface area contributed by atoms with Crippen LogP contribution < -0.4 is 38.8 Å². The number of ether oxygens (including phenoxy) is 5. The molecule has 61 heavy (non-hydrogen) atoms. The molecule has 4 unspecified atom stereocenters. The molecule has 19 heteroatoms. The highest BCUT2D eigenvalue weighted by Gasteiger charge is 2.32. The zero-order valence-corrected chi connectivity index (χ0v) is 37.6. The lowest BCUT2D eigenvalue weighted by molar-refractivity contribution is 0.0126. The summed E-state index contributed by atoms with van der Waals surface area (Å²) in [7, 11) is 1.31. The zero-order chi connectivity index (χ0) is 44.7. The number of methoxy groups -OCH3 is 1. The van der Waals surface area contributed by atoms with Gasteiger partial charge < -0.3 is 45.4 Å². The number of aromatic nitrogens is 3. The van der Waals surface area contributed by atoms with Crippen LogP contribution in [0.1, 0.15) is 124 Å². The molecule has 1 aromatic heterocycles. The van der Waals surface area contributed by atoms with Crippen LogP contribution in [-0.4, -0.2) is 128 Å². The molecule has 1 aliphatic rings. The minimum absolute atomic E-state index is 0.160. The van der Waals surface area contributed by atoms with E-state index in [1.54, 1.807) is 0 Å². The van der Waals surface area contributed by atoms with Gasteiger partial charge in [0.05, 0.1) is 20.3 Å². The van der Waals surface area contributed by atoms with Crippen molar-refractivity contribution in [3.05, 3.63) is 31.5 Å². The summed E-state index contributed by atoms with van der Waals surface area (Å²) >= 11 is 0. The third-order valence-corrected chi connectivity index (χ3v) is 10.4. The van der Waals surface area contributed by atoms with E-state index in [9.17, 15) is 28.8 Å². The Morgan fingerprint density at radius 3 is 1.36 bits per heavy atom. The zero-order valence-electron chi connectivity index (χ0n) is 37.6. The Morgan fingerprint density at radius 1 is 0.607 bits per heavy atom. The van der Waals surface area contributed by atoms with Gasteiger partial charge in [-0.1, -0.05) is 65.2 Å². The fourth-order valence-corrected chi connectivity index (χ4v) is 6.54. The Kier molecular flexibility index (Phi) is 28.5. The van der Waals surface area contributed by atoms with Gasteiger partial charge in [0.15, 0.2) is 0 Å². The lowest BCUT2D eigenvalue weighted by Crippen LogP contribution is -2.54. The van der Waals surface area contributed by atoms with Gasteiger partial charge in [0.1, 0.15) is 12.2 Å². The van der Waals surface area contributed by atoms with Crippen molar-refractivity contribution in [2.75, 3.05) is 72.8 Å². The molecule has 0 radical (unpaired) electrons. The van der Waals surface area contributed by atoms with Crippen molar-refractivity contribution in [2.24, 2.45) is 5.73 Å². The second-order valence-electron chi connectivity index (χ2n) is 15.8. The van der Waals surface area contributed by atoms with Crippen LogP contribution in [0.25, 0.3) is 0 Å². The van der Waals surface area contributed by atoms with Crippen molar-refractivity contribution in [3.63, 3.8) is 0 Å². The smallest absolute Gasteiger partial charge is 0.407 e. The lowest BCUT2D eigenvalue weighted by Gasteiger charge is -2.19. The molecule has 2 rings (SSSR count). The average molecular weight is 871 g/mol. The van der Waals surface area contributed by atoms with Crippen molar-refractivity contribution >= 4 is 18.3 Å². The summed E-state index contributed by atoms with van der Waals surface area (Å²) in [5, 5.41) is 8.20. The van der Waals surface area contributed by atoms with Gasteiger partial charge in [0.2, 0.25) is 0 Å². The van der Waals surface area contributed by atoms with E-state index in [0.717, 1.165) is 78.0 Å². The van der Waals surface area contributed by atoms with Gasteiger partial charge in [0, 0.05) is 78.2 Å². The van der Waals surface area contributed by atoms with Crippen molar-refractivity contribution in [3.8, 4) is 0 Å². The molecule has 1 fully saturated rings. The summed E-state index contributed by atoms with van der Waals surface area (Å²) in [5.41, 5.74) is 3.86. The standard InChI is InChI=1S/C42H78N8O11/c1-5-7-27-58-32-35(29-43)60-38(52)45-22-16-10-13-19-25-49-40(54)48(24-18-12-9-15-21-44-37(51)57-4)41(55)50(42(49)56)26-20-14-11-17-23-46-39(53)61-36(31-47-30-34(47)3)33-59-28-8-6-2/h34-36H,5-33,43H2,1-4H3,(H,44,51)(H,45,52)(H,46,53). The predicted octanol–water partition coefficient (Wildman–Crippen LogP) is 3.69. The summed E-state index contributed by atoms with van der Waals surface area (Å²) in [6.45, 7) is 11.7. The van der Waals surface area contributed by atoms with Gasteiger partial charge >= 0.3 is 35.3 Å². The number of rotatable bonds is 36. The maximum Gasteiger partial charge on any atom is 0.407 e. The van der Waals surface area contributed by atoms with Crippen LogP contribution in [0.4, 0.5) is 14.4 Å². The quantitative estimate of drug-likeness (QED) is 0.0429. The van der Waals surface area contributed by atoms with Crippen LogP contribution in [0.15, 0.2) is 14.4 Å². The van der Waals surface area contributed by atoms with Crippen LogP contribution >= 0.6 is 0 Å². The first kappa shape index (κ1) is 53.2. The molecule has 19 nitrogen and oxygen atoms in total. The molecule has 2 heterocycles. The van der Waals surface area contributed by atoms with Crippen molar-refractivity contribution in [1.29, 1.82) is 0 Å². The van der Waals surface area contributed by atoms with Crippen LogP contribution in [0.2, 0.25) is 0 Å². The normalized spacial score (nSPS) is 15.5. The van der Waals surface area contributed by atoms with Crippen molar-refractivity contribution in [2.45, 2.75) is 161 Å². The maximum atomic E-state index is 13.6. The van der Waals surface area contributed by atoms with Crippen LogP contribution in [-0.2, 0) is 43.3 Å². The number of carbonyl (C=O) groups excluding carboxylic acids is 3. The molecule has 352 valence electrons. The second-order valence-corrected chi connectivity index (χ2v) is 15.8. The Hall–Kier alpha value is -3.94. The predicted molar refractivity (Wildman–Crippen MR) is 233 cm³/mol. The van der Waals surface area contributed by atoms with E-state index in [2.05, 4.69) is 46.4 Å². The second kappa shape index (κ2) is 32.7. The molecule has 0 bridgehead atoms. The fraction of sp³-hybridized carbons (Fsp3) is 0.857. The van der Waals surface area contributed by atoms with Crippen LogP contribution in [0, 0.1) is 0 Å². The third-order valence-electron chi connectivity index (χ3n) is 10.4. The van der Waals surface area contributed by atoms with Gasteiger partial charge in [-0.3, -0.25) is 4.90 Å². The summed E-state index contributed by atoms with van der Waals surface area (Å²) in [6.07, 6.45) is 9.70. The summed E-state index contributed by atoms with van der Waals surface area (Å²) in [5.74, 6) is 0. The van der Waals surface area contributed by atoms with Gasteiger partial charge in [-0.15, -0.1) is 0 Å². The molecule has 0 spiro atoms. The molecule has 0 aromatic carbocycles. The number of hydrogen-bond acceptors (Lipinski definition) is 13. The molecule has 0 aliphatic carbocycles. The number of hydrogen-bond donors (Lipinski definition) is 4. The minimum atomic E-state index is -0.618. The van der Waals surface area contributed by atoms with Crippen LogP contribution in [0.5, 0.6) is 0 Å². The number of nitrogens with two attached hydrogens (primary N) is 1. The molecular formula is C42H78N8O11. The Morgan fingerprint density at radius 2 is 0.984 bits per heavy atom. The summed E-state index contributed by atoms with van der Waals surface area (Å²) in [4.78, 5) is 78.9. The van der Waals surface area contributed by atoms with Gasteiger partial charge in [0.25, 0.3) is 0 Å². The first-order valence-corrected chi connectivity index (χ1v) is 22.8. The number of nitrogens with one attached hydrogen (secondary N) is 3. The highest BCUT2D eigenvalue weighted by Crippen LogP contribution is 2.17. The monoisotopic (exact) mass is 871 g/mol. The van der Waals surface area contributed by atoms with Crippen molar-refractivity contribution in [1.82, 2.24) is 34.6 Å². The maximum absolute atomic E-state index is 13.6. The Balaban J connectivity index is 1.88. The van der Waals surface area contributed by atoms with Gasteiger partial charge in [-0.05, 0) is 58.3 Å². The first-order chi connectivity index (χ1) is 29.6. The highest BCUT2D eigenvalue weighted by molar-refractivity contribution is 5.67. The molecule has 1 aliphatic heterocycles. The van der Waals surface area contributed by atoms with Gasteiger partial charge in [-0.25, -0.2) is 42.5 Å². The molecule has 4 atom stereocenters. The Labute approximate surface area is 361 Å². The minimum Gasteiger partial charge on any atom is -0.453 e. The molecule has 1 saturated heterocycles.